The Morgan fingerprint density at radius 1 is 1.25 bits per heavy atom. The Hall–Kier alpha value is -2.41. The first-order chi connectivity index (χ1) is 7.85. The van der Waals surface area contributed by atoms with Crippen molar-refractivity contribution in [2.75, 3.05) is 7.11 Å². The van der Waals surface area contributed by atoms with Crippen LogP contribution in [0.5, 0.6) is 5.75 Å². The van der Waals surface area contributed by atoms with Crippen molar-refractivity contribution in [1.29, 1.82) is 5.26 Å². The lowest BCUT2D eigenvalue weighted by Gasteiger charge is -2.06. The van der Waals surface area contributed by atoms with Crippen molar-refractivity contribution in [1.82, 2.24) is 9.97 Å². The first-order valence-electron chi connectivity index (χ1n) is 4.70. The Bertz CT molecular complexity index is 546. The van der Waals surface area contributed by atoms with Crippen LogP contribution in [-0.2, 0) is 0 Å². The quantitative estimate of drug-likeness (QED) is 0.762. The molecule has 0 N–H and O–H groups in total. The Balaban J connectivity index is 2.54. The van der Waals surface area contributed by atoms with Gasteiger partial charge in [-0.05, 0) is 12.1 Å². The molecule has 0 amide bonds. The van der Waals surface area contributed by atoms with Crippen LogP contribution in [-0.4, -0.2) is 17.1 Å². The highest BCUT2D eigenvalue weighted by Crippen LogP contribution is 2.27. The average molecular weight is 211 g/mol. The summed E-state index contributed by atoms with van der Waals surface area (Å²) >= 11 is 0. The molecule has 0 aliphatic rings. The van der Waals surface area contributed by atoms with Gasteiger partial charge in [0.2, 0.25) is 0 Å². The van der Waals surface area contributed by atoms with Gasteiger partial charge in [-0.15, -0.1) is 0 Å². The van der Waals surface area contributed by atoms with Gasteiger partial charge in [-0.25, -0.2) is 9.97 Å². The van der Waals surface area contributed by atoms with E-state index in [1.165, 1.54) is 6.33 Å². The maximum Gasteiger partial charge on any atom is 0.144 e. The lowest BCUT2D eigenvalue weighted by Crippen LogP contribution is -1.92. The predicted molar refractivity (Wildman–Crippen MR) is 58.7 cm³/mol. The highest BCUT2D eigenvalue weighted by Gasteiger charge is 2.06. The molecule has 0 saturated carbocycles. The molecule has 0 radical (unpaired) electrons. The first-order valence-corrected chi connectivity index (χ1v) is 4.70. The summed E-state index contributed by atoms with van der Waals surface area (Å²) < 4.78 is 5.23. The number of benzene rings is 1. The molecule has 1 aromatic carbocycles. The van der Waals surface area contributed by atoms with Crippen LogP contribution >= 0.6 is 0 Å². The van der Waals surface area contributed by atoms with E-state index in [-0.39, 0.29) is 0 Å². The summed E-state index contributed by atoms with van der Waals surface area (Å²) in [5.74, 6) is 0.727. The molecule has 16 heavy (non-hydrogen) atoms. The summed E-state index contributed by atoms with van der Waals surface area (Å²) in [6.07, 6.45) is 1.38. The molecule has 0 atom stereocenters. The minimum absolute atomic E-state index is 0.343. The molecule has 1 aromatic heterocycles. The van der Waals surface area contributed by atoms with Gasteiger partial charge in [0.1, 0.15) is 23.8 Å². The van der Waals surface area contributed by atoms with Crippen LogP contribution in [0.1, 0.15) is 5.69 Å². The minimum atomic E-state index is 0.343. The van der Waals surface area contributed by atoms with Crippen molar-refractivity contribution in [2.24, 2.45) is 0 Å². The molecule has 0 aliphatic heterocycles. The zero-order valence-corrected chi connectivity index (χ0v) is 8.71. The van der Waals surface area contributed by atoms with Crippen LogP contribution in [0.2, 0.25) is 0 Å². The van der Waals surface area contributed by atoms with Crippen molar-refractivity contribution < 1.29 is 4.74 Å². The zero-order chi connectivity index (χ0) is 11.4. The molecule has 0 unspecified atom stereocenters. The third kappa shape index (κ3) is 1.84. The number of aromatic nitrogens is 2. The monoisotopic (exact) mass is 211 g/mol. The minimum Gasteiger partial charge on any atom is -0.496 e. The van der Waals surface area contributed by atoms with Crippen LogP contribution in [0.15, 0.2) is 36.7 Å². The number of para-hydroxylation sites is 1. The van der Waals surface area contributed by atoms with E-state index < -0.39 is 0 Å². The third-order valence-corrected chi connectivity index (χ3v) is 2.16. The van der Waals surface area contributed by atoms with Crippen LogP contribution in [0, 0.1) is 11.3 Å². The molecule has 1 heterocycles. The van der Waals surface area contributed by atoms with E-state index >= 15 is 0 Å². The number of ether oxygens (including phenoxy) is 1. The lowest BCUT2D eigenvalue weighted by atomic mass is 10.1. The number of rotatable bonds is 2. The first kappa shape index (κ1) is 10.1. The van der Waals surface area contributed by atoms with Gasteiger partial charge < -0.3 is 4.74 Å². The van der Waals surface area contributed by atoms with Gasteiger partial charge >= 0.3 is 0 Å². The molecule has 0 aliphatic carbocycles. The molecular weight excluding hydrogens is 202 g/mol. The highest BCUT2D eigenvalue weighted by atomic mass is 16.5. The smallest absolute Gasteiger partial charge is 0.144 e. The van der Waals surface area contributed by atoms with Crippen LogP contribution in [0.4, 0.5) is 0 Å². The van der Waals surface area contributed by atoms with Gasteiger partial charge in [-0.1, -0.05) is 12.1 Å². The van der Waals surface area contributed by atoms with Gasteiger partial charge in [-0.2, -0.15) is 5.26 Å². The fourth-order valence-corrected chi connectivity index (χ4v) is 1.42. The summed E-state index contributed by atoms with van der Waals surface area (Å²) in [6.45, 7) is 0. The predicted octanol–water partition coefficient (Wildman–Crippen LogP) is 2.02. The van der Waals surface area contributed by atoms with Crippen molar-refractivity contribution in [2.45, 2.75) is 0 Å². The number of nitriles is 1. The number of hydrogen-bond donors (Lipinski definition) is 0. The number of nitrogens with zero attached hydrogens (tertiary/aromatic N) is 3. The molecule has 2 rings (SSSR count). The van der Waals surface area contributed by atoms with E-state index in [0.717, 1.165) is 11.3 Å². The summed E-state index contributed by atoms with van der Waals surface area (Å²) in [5.41, 5.74) is 1.88. The van der Waals surface area contributed by atoms with Gasteiger partial charge in [0.15, 0.2) is 0 Å². The fraction of sp³-hybridized carbons (Fsp3) is 0.0833. The van der Waals surface area contributed by atoms with Gasteiger partial charge in [0.25, 0.3) is 0 Å². The maximum atomic E-state index is 8.76. The van der Waals surface area contributed by atoms with E-state index in [2.05, 4.69) is 9.97 Å². The normalized spacial score (nSPS) is 9.50. The molecule has 0 spiro atoms. The second-order valence-electron chi connectivity index (χ2n) is 3.10. The van der Waals surface area contributed by atoms with E-state index in [0.29, 0.717) is 11.4 Å². The zero-order valence-electron chi connectivity index (χ0n) is 8.71. The number of methoxy groups -OCH3 is 1. The Labute approximate surface area is 93.2 Å². The lowest BCUT2D eigenvalue weighted by molar-refractivity contribution is 0.416. The Morgan fingerprint density at radius 2 is 2.06 bits per heavy atom. The Morgan fingerprint density at radius 3 is 2.81 bits per heavy atom. The van der Waals surface area contributed by atoms with E-state index in [1.54, 1.807) is 13.2 Å². The van der Waals surface area contributed by atoms with E-state index in [9.17, 15) is 0 Å². The molecule has 4 heteroatoms. The van der Waals surface area contributed by atoms with E-state index in [4.69, 9.17) is 10.00 Å². The molecule has 2 aromatic rings. The SMILES string of the molecule is COc1ccccc1-c1cc(C#N)ncn1. The van der Waals surface area contributed by atoms with Crippen molar-refractivity contribution in [3.05, 3.63) is 42.4 Å². The van der Waals surface area contributed by atoms with Crippen molar-refractivity contribution >= 4 is 0 Å². The van der Waals surface area contributed by atoms with Crippen molar-refractivity contribution in [3.8, 4) is 23.1 Å². The maximum absolute atomic E-state index is 8.76. The van der Waals surface area contributed by atoms with Gasteiger partial charge in [-0.3, -0.25) is 0 Å². The van der Waals surface area contributed by atoms with E-state index in [1.807, 2.05) is 30.3 Å². The van der Waals surface area contributed by atoms with Gasteiger partial charge in [0.05, 0.1) is 12.8 Å². The average Bonchev–Trinajstić information content (AvgIpc) is 2.38. The van der Waals surface area contributed by atoms with Gasteiger partial charge in [0, 0.05) is 11.6 Å². The highest BCUT2D eigenvalue weighted by molar-refractivity contribution is 5.67. The summed E-state index contributed by atoms with van der Waals surface area (Å²) in [4.78, 5) is 7.95. The third-order valence-electron chi connectivity index (χ3n) is 2.16. The second kappa shape index (κ2) is 4.41. The summed E-state index contributed by atoms with van der Waals surface area (Å²) in [5, 5.41) is 8.76. The Kier molecular flexibility index (Phi) is 2.79. The molecule has 78 valence electrons. The second-order valence-corrected chi connectivity index (χ2v) is 3.10. The van der Waals surface area contributed by atoms with Crippen molar-refractivity contribution in [3.63, 3.8) is 0 Å². The summed E-state index contributed by atoms with van der Waals surface area (Å²) in [6, 6.07) is 11.1. The molecular formula is C12H9N3O. The topological polar surface area (TPSA) is 58.8 Å². The van der Waals surface area contributed by atoms with Crippen LogP contribution in [0.3, 0.4) is 0 Å². The molecule has 4 nitrogen and oxygen atoms in total. The summed E-state index contributed by atoms with van der Waals surface area (Å²) in [7, 11) is 1.60. The number of hydrogen-bond acceptors (Lipinski definition) is 4. The molecule has 0 bridgehead atoms. The standard InChI is InChI=1S/C12H9N3O/c1-16-12-5-3-2-4-10(12)11-6-9(7-13)14-8-15-11/h2-6,8H,1H3. The largest absolute Gasteiger partial charge is 0.496 e. The fourth-order valence-electron chi connectivity index (χ4n) is 1.42. The van der Waals surface area contributed by atoms with Crippen LogP contribution in [0.25, 0.3) is 11.3 Å². The molecule has 0 fully saturated rings. The van der Waals surface area contributed by atoms with Crippen LogP contribution < -0.4 is 4.74 Å². The molecule has 0 saturated heterocycles.